The molecule has 1 rings (SSSR count). The van der Waals surface area contributed by atoms with Crippen molar-refractivity contribution in [1.29, 1.82) is 0 Å². The Kier molecular flexibility index (Phi) is 8.42. The van der Waals surface area contributed by atoms with E-state index in [1.165, 1.54) is 11.8 Å². The second kappa shape index (κ2) is 9.58. The van der Waals surface area contributed by atoms with Crippen LogP contribution in [0.4, 0.5) is 13.2 Å². The fourth-order valence-corrected chi connectivity index (χ4v) is 3.03. The van der Waals surface area contributed by atoms with E-state index in [0.717, 1.165) is 0 Å². The number of guanidine groups is 1. The first-order chi connectivity index (χ1) is 11.6. The lowest BCUT2D eigenvalue weighted by Crippen LogP contribution is -2.56. The number of nitrogens with zero attached hydrogens (tertiary/aromatic N) is 3. The average Bonchev–Trinajstić information content (AvgIpc) is 2.56. The van der Waals surface area contributed by atoms with E-state index in [1.807, 2.05) is 11.8 Å². The van der Waals surface area contributed by atoms with Crippen LogP contribution in [-0.4, -0.2) is 88.0 Å². The first-order valence-electron chi connectivity index (χ1n) is 8.42. The number of aliphatic imine (C=N–C) groups is 1. The normalized spacial score (nSPS) is 19.1. The Morgan fingerprint density at radius 1 is 1.20 bits per heavy atom. The Labute approximate surface area is 147 Å². The van der Waals surface area contributed by atoms with Crippen molar-refractivity contribution in [3.05, 3.63) is 0 Å². The maximum atomic E-state index is 12.8. The van der Waals surface area contributed by atoms with Crippen molar-refractivity contribution in [3.8, 4) is 0 Å². The lowest BCUT2D eigenvalue weighted by molar-refractivity contribution is -0.181. The lowest BCUT2D eigenvalue weighted by Gasteiger charge is -2.39. The van der Waals surface area contributed by atoms with Crippen molar-refractivity contribution in [3.63, 3.8) is 0 Å². The first kappa shape index (κ1) is 22.0. The van der Waals surface area contributed by atoms with E-state index in [0.29, 0.717) is 38.7 Å². The Morgan fingerprint density at radius 3 is 2.28 bits per heavy atom. The van der Waals surface area contributed by atoms with Crippen LogP contribution < -0.4 is 10.0 Å². The highest BCUT2D eigenvalue weighted by atomic mass is 32.2. The molecule has 0 aromatic rings. The monoisotopic (exact) mass is 387 g/mol. The molecule has 0 bridgehead atoms. The van der Waals surface area contributed by atoms with E-state index in [9.17, 15) is 21.6 Å². The summed E-state index contributed by atoms with van der Waals surface area (Å²) in [5.74, 6) is 0.605. The van der Waals surface area contributed by atoms with E-state index in [-0.39, 0.29) is 18.8 Å². The predicted octanol–water partition coefficient (Wildman–Crippen LogP) is 0.460. The molecule has 0 aliphatic carbocycles. The molecular weight excluding hydrogens is 359 g/mol. The summed E-state index contributed by atoms with van der Waals surface area (Å²) in [4.78, 5) is 7.67. The molecule has 1 atom stereocenters. The van der Waals surface area contributed by atoms with Gasteiger partial charge in [0.15, 0.2) is 5.96 Å². The summed E-state index contributed by atoms with van der Waals surface area (Å²) >= 11 is 0. The minimum absolute atomic E-state index is 0.0101. The van der Waals surface area contributed by atoms with Crippen LogP contribution in [0.15, 0.2) is 4.99 Å². The summed E-state index contributed by atoms with van der Waals surface area (Å²) in [7, 11) is -3.25. The van der Waals surface area contributed by atoms with Crippen molar-refractivity contribution in [2.24, 2.45) is 4.99 Å². The molecule has 0 aromatic heterocycles. The van der Waals surface area contributed by atoms with Gasteiger partial charge in [-0.25, -0.2) is 13.1 Å². The van der Waals surface area contributed by atoms with Crippen LogP contribution in [0.3, 0.4) is 0 Å². The van der Waals surface area contributed by atoms with Crippen molar-refractivity contribution in [1.82, 2.24) is 19.8 Å². The van der Waals surface area contributed by atoms with Crippen molar-refractivity contribution in [2.45, 2.75) is 33.0 Å². The van der Waals surface area contributed by atoms with Gasteiger partial charge in [-0.2, -0.15) is 13.2 Å². The zero-order chi connectivity index (χ0) is 19.1. The Morgan fingerprint density at radius 2 is 1.80 bits per heavy atom. The smallest absolute Gasteiger partial charge is 0.357 e. The van der Waals surface area contributed by atoms with Gasteiger partial charge in [0, 0.05) is 39.3 Å². The predicted molar refractivity (Wildman–Crippen MR) is 92.1 cm³/mol. The van der Waals surface area contributed by atoms with E-state index in [4.69, 9.17) is 0 Å². The van der Waals surface area contributed by atoms with E-state index in [2.05, 4.69) is 15.0 Å². The third-order valence-corrected chi connectivity index (χ3v) is 5.45. The number of hydrogen-bond acceptors (Lipinski definition) is 4. The summed E-state index contributed by atoms with van der Waals surface area (Å²) in [6.07, 6.45) is -4.23. The topological polar surface area (TPSA) is 77.0 Å². The third-order valence-electron chi connectivity index (χ3n) is 4.05. The fraction of sp³-hybridized carbons (Fsp3) is 0.929. The minimum atomic E-state index is -4.23. The van der Waals surface area contributed by atoms with Crippen LogP contribution >= 0.6 is 0 Å². The highest BCUT2D eigenvalue weighted by molar-refractivity contribution is 7.89. The summed E-state index contributed by atoms with van der Waals surface area (Å²) < 4.78 is 63.6. The van der Waals surface area contributed by atoms with E-state index in [1.54, 1.807) is 6.92 Å². The van der Waals surface area contributed by atoms with Gasteiger partial charge >= 0.3 is 6.18 Å². The van der Waals surface area contributed by atoms with Crippen LogP contribution in [0.1, 0.15) is 20.8 Å². The van der Waals surface area contributed by atoms with Crippen LogP contribution in [0.5, 0.6) is 0 Å². The SMILES string of the molecule is CCNC(=NCCNS(=O)(=O)CC)N1CCN(C(C)C(F)(F)F)CC1. The Hall–Kier alpha value is -1.07. The molecule has 0 amide bonds. The highest BCUT2D eigenvalue weighted by Crippen LogP contribution is 2.25. The minimum Gasteiger partial charge on any atom is -0.357 e. The van der Waals surface area contributed by atoms with Crippen molar-refractivity contribution >= 4 is 16.0 Å². The second-order valence-electron chi connectivity index (χ2n) is 5.77. The van der Waals surface area contributed by atoms with Gasteiger partial charge in [0.2, 0.25) is 10.0 Å². The molecule has 0 spiro atoms. The first-order valence-corrected chi connectivity index (χ1v) is 10.1. The zero-order valence-electron chi connectivity index (χ0n) is 14.9. The van der Waals surface area contributed by atoms with Gasteiger partial charge < -0.3 is 10.2 Å². The molecular formula is C14H28F3N5O2S. The molecule has 0 radical (unpaired) electrons. The number of halogens is 3. The van der Waals surface area contributed by atoms with Crippen LogP contribution in [0.25, 0.3) is 0 Å². The standard InChI is InChI=1S/C14H28F3N5O2S/c1-4-18-13(19-6-7-20-25(23,24)5-2)22-10-8-21(9-11-22)12(3)14(15,16)17/h12,20H,4-11H2,1-3H3,(H,18,19). The van der Waals surface area contributed by atoms with E-state index < -0.39 is 22.2 Å². The molecule has 1 heterocycles. The third kappa shape index (κ3) is 7.37. The van der Waals surface area contributed by atoms with Gasteiger partial charge in [0.25, 0.3) is 0 Å². The number of sulfonamides is 1. The van der Waals surface area contributed by atoms with Gasteiger partial charge in [0.1, 0.15) is 6.04 Å². The number of hydrogen-bond donors (Lipinski definition) is 2. The van der Waals surface area contributed by atoms with Gasteiger partial charge in [0.05, 0.1) is 12.3 Å². The molecule has 2 N–H and O–H groups in total. The Bertz CT molecular complexity index is 531. The number of rotatable bonds is 7. The summed E-state index contributed by atoms with van der Waals surface area (Å²) in [6, 6.07) is -1.46. The molecule has 0 aromatic carbocycles. The van der Waals surface area contributed by atoms with Gasteiger partial charge in [-0.05, 0) is 20.8 Å². The van der Waals surface area contributed by atoms with Gasteiger partial charge in [-0.3, -0.25) is 9.89 Å². The molecule has 11 heteroatoms. The molecule has 148 valence electrons. The molecule has 1 aliphatic heterocycles. The number of piperazine rings is 1. The fourth-order valence-electron chi connectivity index (χ4n) is 2.42. The van der Waals surface area contributed by atoms with Gasteiger partial charge in [-0.1, -0.05) is 0 Å². The average molecular weight is 387 g/mol. The summed E-state index contributed by atoms with van der Waals surface area (Å²) in [6.45, 7) is 7.18. The summed E-state index contributed by atoms with van der Waals surface area (Å²) in [5, 5.41) is 3.10. The van der Waals surface area contributed by atoms with Crippen LogP contribution in [0.2, 0.25) is 0 Å². The maximum Gasteiger partial charge on any atom is 0.403 e. The summed E-state index contributed by atoms with van der Waals surface area (Å²) in [5.41, 5.74) is 0. The molecule has 25 heavy (non-hydrogen) atoms. The largest absolute Gasteiger partial charge is 0.403 e. The molecule has 1 unspecified atom stereocenters. The Balaban J connectivity index is 2.56. The number of nitrogens with one attached hydrogen (secondary N) is 2. The second-order valence-corrected chi connectivity index (χ2v) is 7.87. The van der Waals surface area contributed by atoms with Gasteiger partial charge in [-0.15, -0.1) is 0 Å². The molecule has 0 saturated carbocycles. The molecule has 1 saturated heterocycles. The van der Waals surface area contributed by atoms with Crippen LogP contribution in [0, 0.1) is 0 Å². The lowest BCUT2D eigenvalue weighted by atomic mass is 10.2. The maximum absolute atomic E-state index is 12.8. The molecule has 1 fully saturated rings. The van der Waals surface area contributed by atoms with Crippen molar-refractivity contribution < 1.29 is 21.6 Å². The van der Waals surface area contributed by atoms with Crippen LogP contribution in [-0.2, 0) is 10.0 Å². The highest BCUT2D eigenvalue weighted by Gasteiger charge is 2.41. The molecule has 7 nitrogen and oxygen atoms in total. The zero-order valence-corrected chi connectivity index (χ0v) is 15.8. The van der Waals surface area contributed by atoms with E-state index >= 15 is 0 Å². The quantitative estimate of drug-likeness (QED) is 0.377. The molecule has 1 aliphatic rings. The van der Waals surface area contributed by atoms with Crippen molar-refractivity contribution in [2.75, 3.05) is 51.6 Å². The number of alkyl halides is 3.